The molecule has 0 aliphatic carbocycles. The molecule has 2 aromatic carbocycles. The number of halogens is 3. The average Bonchev–Trinajstić information content (AvgIpc) is 2.57. The minimum Gasteiger partial charge on any atom is -0.482 e. The third-order valence-electron chi connectivity index (χ3n) is 3.03. The van der Waals surface area contributed by atoms with Crippen LogP contribution in [0.25, 0.3) is 0 Å². The van der Waals surface area contributed by atoms with Crippen LogP contribution >= 0.6 is 0 Å². The molecular weight excluding hydrogens is 339 g/mol. The van der Waals surface area contributed by atoms with E-state index < -0.39 is 42.0 Å². The summed E-state index contributed by atoms with van der Waals surface area (Å²) in [6, 6.07) is 7.53. The van der Waals surface area contributed by atoms with Gasteiger partial charge in [-0.1, -0.05) is 0 Å². The number of hydrogen-bond acceptors (Lipinski definition) is 4. The van der Waals surface area contributed by atoms with E-state index in [1.807, 2.05) is 0 Å². The Morgan fingerprint density at radius 1 is 1.04 bits per heavy atom. The quantitative estimate of drug-likeness (QED) is 0.811. The highest BCUT2D eigenvalue weighted by Crippen LogP contribution is 2.16. The van der Waals surface area contributed by atoms with Gasteiger partial charge in [0.2, 0.25) is 0 Å². The topological polar surface area (TPSA) is 64.6 Å². The van der Waals surface area contributed by atoms with E-state index in [9.17, 15) is 22.8 Å². The molecule has 1 atom stereocenters. The lowest BCUT2D eigenvalue weighted by atomic mass is 10.2. The molecule has 25 heavy (non-hydrogen) atoms. The van der Waals surface area contributed by atoms with Gasteiger partial charge in [-0.15, -0.1) is 0 Å². The average molecular weight is 353 g/mol. The fourth-order valence-corrected chi connectivity index (χ4v) is 1.79. The zero-order valence-corrected chi connectivity index (χ0v) is 13.1. The normalized spacial score (nSPS) is 11.5. The second-order valence-corrected chi connectivity index (χ2v) is 4.99. The van der Waals surface area contributed by atoms with Gasteiger partial charge in [-0.3, -0.25) is 4.79 Å². The molecule has 1 N–H and O–H groups in total. The van der Waals surface area contributed by atoms with Crippen molar-refractivity contribution in [2.45, 2.75) is 13.0 Å². The van der Waals surface area contributed by atoms with Crippen LogP contribution in [0.5, 0.6) is 5.75 Å². The van der Waals surface area contributed by atoms with Crippen LogP contribution < -0.4 is 10.1 Å². The monoisotopic (exact) mass is 353 g/mol. The molecule has 132 valence electrons. The standard InChI is InChI=1S/C17H14F3NO4/c1-10(17(23)21-15-8-12(19)4-7-14(15)20)25-16(22)9-24-13-5-2-11(18)3-6-13/h2-8,10H,9H2,1H3,(H,21,23). The minimum atomic E-state index is -1.26. The molecule has 0 aliphatic heterocycles. The molecule has 2 aromatic rings. The van der Waals surface area contributed by atoms with Crippen LogP contribution in [0, 0.1) is 17.5 Å². The smallest absolute Gasteiger partial charge is 0.344 e. The molecule has 0 saturated carbocycles. The van der Waals surface area contributed by atoms with E-state index in [-0.39, 0.29) is 11.4 Å². The van der Waals surface area contributed by atoms with Gasteiger partial charge in [-0.2, -0.15) is 0 Å². The van der Waals surface area contributed by atoms with Crippen LogP contribution in [-0.2, 0) is 14.3 Å². The van der Waals surface area contributed by atoms with Crippen LogP contribution in [0.1, 0.15) is 6.92 Å². The summed E-state index contributed by atoms with van der Waals surface area (Å²) >= 11 is 0. The van der Waals surface area contributed by atoms with E-state index in [1.165, 1.54) is 19.1 Å². The number of nitrogens with one attached hydrogen (secondary N) is 1. The third-order valence-corrected chi connectivity index (χ3v) is 3.03. The van der Waals surface area contributed by atoms with Gasteiger partial charge in [-0.25, -0.2) is 18.0 Å². The SMILES string of the molecule is CC(OC(=O)COc1ccc(F)cc1)C(=O)Nc1cc(F)ccc1F. The number of rotatable bonds is 6. The molecule has 0 radical (unpaired) electrons. The molecule has 1 unspecified atom stereocenters. The molecule has 0 saturated heterocycles. The van der Waals surface area contributed by atoms with Crippen molar-refractivity contribution in [3.63, 3.8) is 0 Å². The van der Waals surface area contributed by atoms with Crippen molar-refractivity contribution in [2.75, 3.05) is 11.9 Å². The summed E-state index contributed by atoms with van der Waals surface area (Å²) in [6.07, 6.45) is -1.26. The van der Waals surface area contributed by atoms with Crippen molar-refractivity contribution in [1.29, 1.82) is 0 Å². The number of carbonyl (C=O) groups excluding carboxylic acids is 2. The van der Waals surface area contributed by atoms with Crippen LogP contribution in [0.4, 0.5) is 18.9 Å². The van der Waals surface area contributed by atoms with Crippen molar-refractivity contribution in [3.05, 3.63) is 59.9 Å². The molecule has 0 bridgehead atoms. The Labute approximate surface area is 141 Å². The number of esters is 1. The summed E-state index contributed by atoms with van der Waals surface area (Å²) in [4.78, 5) is 23.5. The van der Waals surface area contributed by atoms with Gasteiger partial charge in [-0.05, 0) is 43.3 Å². The molecule has 5 nitrogen and oxygen atoms in total. The van der Waals surface area contributed by atoms with E-state index in [0.717, 1.165) is 30.3 Å². The Balaban J connectivity index is 1.84. The second-order valence-electron chi connectivity index (χ2n) is 4.99. The highest BCUT2D eigenvalue weighted by atomic mass is 19.1. The van der Waals surface area contributed by atoms with Crippen molar-refractivity contribution < 1.29 is 32.2 Å². The van der Waals surface area contributed by atoms with Crippen molar-refractivity contribution in [2.24, 2.45) is 0 Å². The van der Waals surface area contributed by atoms with Crippen LogP contribution in [0.3, 0.4) is 0 Å². The molecule has 0 spiro atoms. The lowest BCUT2D eigenvalue weighted by Gasteiger charge is -2.14. The number of benzene rings is 2. The predicted octanol–water partition coefficient (Wildman–Crippen LogP) is 3.05. The van der Waals surface area contributed by atoms with Crippen molar-refractivity contribution in [3.8, 4) is 5.75 Å². The van der Waals surface area contributed by atoms with Crippen LogP contribution in [0.15, 0.2) is 42.5 Å². The summed E-state index contributed by atoms with van der Waals surface area (Å²) in [5.74, 6) is -3.45. The first kappa shape index (κ1) is 18.3. The van der Waals surface area contributed by atoms with E-state index in [1.54, 1.807) is 0 Å². The highest BCUT2D eigenvalue weighted by Gasteiger charge is 2.19. The fourth-order valence-electron chi connectivity index (χ4n) is 1.79. The molecule has 1 amide bonds. The summed E-state index contributed by atoms with van der Waals surface area (Å²) in [5.41, 5.74) is -0.365. The molecule has 0 heterocycles. The lowest BCUT2D eigenvalue weighted by Crippen LogP contribution is -2.32. The molecule has 8 heteroatoms. The first-order valence-corrected chi connectivity index (χ1v) is 7.19. The van der Waals surface area contributed by atoms with Crippen molar-refractivity contribution >= 4 is 17.6 Å². The largest absolute Gasteiger partial charge is 0.482 e. The fraction of sp³-hybridized carbons (Fsp3) is 0.176. The maximum atomic E-state index is 13.5. The summed E-state index contributed by atoms with van der Waals surface area (Å²) in [5, 5.41) is 2.12. The number of ether oxygens (including phenoxy) is 2. The van der Waals surface area contributed by atoms with Gasteiger partial charge in [0.05, 0.1) is 5.69 Å². The predicted molar refractivity (Wildman–Crippen MR) is 82.4 cm³/mol. The van der Waals surface area contributed by atoms with Gasteiger partial charge in [0.15, 0.2) is 12.7 Å². The van der Waals surface area contributed by atoms with Gasteiger partial charge in [0, 0.05) is 6.07 Å². The number of anilines is 1. The Bertz CT molecular complexity index is 765. The van der Waals surface area contributed by atoms with Gasteiger partial charge < -0.3 is 14.8 Å². The molecular formula is C17H14F3NO4. The summed E-state index contributed by atoms with van der Waals surface area (Å²) < 4.78 is 49.2. The summed E-state index contributed by atoms with van der Waals surface area (Å²) in [6.45, 7) is 0.764. The van der Waals surface area contributed by atoms with Crippen molar-refractivity contribution in [1.82, 2.24) is 0 Å². The Morgan fingerprint density at radius 2 is 1.68 bits per heavy atom. The Hall–Kier alpha value is -3.03. The minimum absolute atomic E-state index is 0.247. The summed E-state index contributed by atoms with van der Waals surface area (Å²) in [7, 11) is 0. The molecule has 0 aliphatic rings. The van der Waals surface area contributed by atoms with Crippen LogP contribution in [-0.4, -0.2) is 24.6 Å². The first-order chi connectivity index (χ1) is 11.8. The van der Waals surface area contributed by atoms with Gasteiger partial charge >= 0.3 is 5.97 Å². The molecule has 2 rings (SSSR count). The zero-order valence-electron chi connectivity index (χ0n) is 13.1. The lowest BCUT2D eigenvalue weighted by molar-refractivity contribution is -0.155. The van der Waals surface area contributed by atoms with Gasteiger partial charge in [0.1, 0.15) is 23.2 Å². The van der Waals surface area contributed by atoms with E-state index in [0.29, 0.717) is 0 Å². The Morgan fingerprint density at radius 3 is 2.36 bits per heavy atom. The number of carbonyl (C=O) groups is 2. The highest BCUT2D eigenvalue weighted by molar-refractivity contribution is 5.95. The maximum absolute atomic E-state index is 13.5. The molecule has 0 aromatic heterocycles. The second kappa shape index (κ2) is 8.18. The number of amides is 1. The maximum Gasteiger partial charge on any atom is 0.344 e. The number of hydrogen-bond donors (Lipinski definition) is 1. The van der Waals surface area contributed by atoms with Crippen LogP contribution in [0.2, 0.25) is 0 Å². The van der Waals surface area contributed by atoms with E-state index >= 15 is 0 Å². The zero-order chi connectivity index (χ0) is 18.4. The van der Waals surface area contributed by atoms with E-state index in [2.05, 4.69) is 5.32 Å². The Kier molecular flexibility index (Phi) is 5.99. The van der Waals surface area contributed by atoms with Gasteiger partial charge in [0.25, 0.3) is 5.91 Å². The van der Waals surface area contributed by atoms with E-state index in [4.69, 9.17) is 9.47 Å². The first-order valence-electron chi connectivity index (χ1n) is 7.19. The molecule has 0 fully saturated rings. The third kappa shape index (κ3) is 5.52.